The second kappa shape index (κ2) is 5.75. The van der Waals surface area contributed by atoms with Gasteiger partial charge >= 0.3 is 0 Å². The molecule has 0 bridgehead atoms. The molecule has 0 spiro atoms. The summed E-state index contributed by atoms with van der Waals surface area (Å²) in [7, 11) is 0. The zero-order valence-electron chi connectivity index (χ0n) is 12.5. The van der Waals surface area contributed by atoms with Gasteiger partial charge in [0.1, 0.15) is 0 Å². The number of rotatable bonds is 5. The van der Waals surface area contributed by atoms with Crippen LogP contribution in [-0.2, 0) is 11.8 Å². The molecule has 0 aliphatic heterocycles. The monoisotopic (exact) mass is 274 g/mol. The molecular weight excluding hydrogens is 252 g/mol. The van der Waals surface area contributed by atoms with Crippen molar-refractivity contribution in [2.24, 2.45) is 5.92 Å². The number of hydrogen-bond acceptors (Lipinski definition) is 4. The van der Waals surface area contributed by atoms with Crippen molar-refractivity contribution in [2.75, 3.05) is 0 Å². The Kier molecular flexibility index (Phi) is 4.23. The largest absolute Gasteiger partial charge is 0.392 e. The van der Waals surface area contributed by atoms with Gasteiger partial charge in [-0.1, -0.05) is 49.3 Å². The molecule has 0 saturated heterocycles. The Hall–Kier alpha value is -1.68. The Balaban J connectivity index is 2.20. The maximum atomic E-state index is 9.88. The number of hydrogen-bond donors (Lipinski definition) is 1. The second-order valence-corrected chi connectivity index (χ2v) is 6.02. The predicted octanol–water partition coefficient (Wildman–Crippen LogP) is 2.95. The molecule has 20 heavy (non-hydrogen) atoms. The maximum Gasteiger partial charge on any atom is 0.229 e. The van der Waals surface area contributed by atoms with Gasteiger partial charge in [-0.15, -0.1) is 0 Å². The van der Waals surface area contributed by atoms with E-state index < -0.39 is 6.10 Å². The number of aliphatic hydroxyl groups is 1. The number of benzene rings is 1. The number of aromatic nitrogens is 2. The summed E-state index contributed by atoms with van der Waals surface area (Å²) in [5, 5.41) is 14.0. The van der Waals surface area contributed by atoms with Gasteiger partial charge in [-0.05, 0) is 25.3 Å². The summed E-state index contributed by atoms with van der Waals surface area (Å²) in [4.78, 5) is 4.44. The third-order valence-electron chi connectivity index (χ3n) is 3.68. The van der Waals surface area contributed by atoms with Crippen LogP contribution in [0.4, 0.5) is 0 Å². The molecule has 0 radical (unpaired) electrons. The van der Waals surface area contributed by atoms with E-state index in [1.807, 2.05) is 32.0 Å². The average Bonchev–Trinajstić information content (AvgIpc) is 2.89. The Bertz CT molecular complexity index is 547. The second-order valence-electron chi connectivity index (χ2n) is 6.02. The van der Waals surface area contributed by atoms with Crippen LogP contribution in [-0.4, -0.2) is 21.4 Å². The lowest BCUT2D eigenvalue weighted by Crippen LogP contribution is -2.21. The SMILES string of the molecule is CC(C)C(O)Cc1nc(C(C)(C)c2ccccc2)no1. The molecule has 1 aromatic heterocycles. The predicted molar refractivity (Wildman–Crippen MR) is 77.4 cm³/mol. The Morgan fingerprint density at radius 3 is 2.45 bits per heavy atom. The first-order chi connectivity index (χ1) is 9.41. The molecule has 1 aromatic carbocycles. The fraction of sp³-hybridized carbons (Fsp3) is 0.500. The van der Waals surface area contributed by atoms with Crippen molar-refractivity contribution in [2.45, 2.75) is 45.6 Å². The van der Waals surface area contributed by atoms with Crippen LogP contribution >= 0.6 is 0 Å². The highest BCUT2D eigenvalue weighted by atomic mass is 16.5. The highest BCUT2D eigenvalue weighted by molar-refractivity contribution is 5.30. The normalized spacial score (nSPS) is 13.7. The standard InChI is InChI=1S/C16H22N2O2/c1-11(2)13(19)10-14-17-15(18-20-14)16(3,4)12-8-6-5-7-9-12/h5-9,11,13,19H,10H2,1-4H3. The van der Waals surface area contributed by atoms with Gasteiger partial charge in [0.25, 0.3) is 0 Å². The van der Waals surface area contributed by atoms with E-state index in [2.05, 4.69) is 36.1 Å². The first-order valence-electron chi connectivity index (χ1n) is 6.98. The Labute approximate surface area is 119 Å². The molecule has 2 aromatic rings. The van der Waals surface area contributed by atoms with E-state index in [9.17, 15) is 5.11 Å². The lowest BCUT2D eigenvalue weighted by molar-refractivity contribution is 0.116. The van der Waals surface area contributed by atoms with E-state index in [-0.39, 0.29) is 11.3 Å². The third-order valence-corrected chi connectivity index (χ3v) is 3.68. The fourth-order valence-electron chi connectivity index (χ4n) is 1.99. The van der Waals surface area contributed by atoms with Crippen LogP contribution in [0.3, 0.4) is 0 Å². The molecule has 108 valence electrons. The fourth-order valence-corrected chi connectivity index (χ4v) is 1.99. The lowest BCUT2D eigenvalue weighted by Gasteiger charge is -2.20. The minimum atomic E-state index is -0.455. The van der Waals surface area contributed by atoms with Crippen molar-refractivity contribution in [1.82, 2.24) is 10.1 Å². The van der Waals surface area contributed by atoms with E-state index in [1.165, 1.54) is 0 Å². The zero-order valence-corrected chi connectivity index (χ0v) is 12.5. The summed E-state index contributed by atoms with van der Waals surface area (Å²) in [5.41, 5.74) is 0.822. The Morgan fingerprint density at radius 1 is 1.20 bits per heavy atom. The molecule has 1 unspecified atom stereocenters. The van der Waals surface area contributed by atoms with Gasteiger partial charge in [-0.3, -0.25) is 0 Å². The molecule has 0 saturated carbocycles. The van der Waals surface area contributed by atoms with E-state index in [4.69, 9.17) is 4.52 Å². The molecule has 0 amide bonds. The summed E-state index contributed by atoms with van der Waals surface area (Å²) in [6.07, 6.45) is -0.0571. The van der Waals surface area contributed by atoms with Gasteiger partial charge in [0.15, 0.2) is 5.82 Å². The zero-order chi connectivity index (χ0) is 14.8. The van der Waals surface area contributed by atoms with Gasteiger partial charge < -0.3 is 9.63 Å². The quantitative estimate of drug-likeness (QED) is 0.910. The van der Waals surface area contributed by atoms with Crippen molar-refractivity contribution in [3.63, 3.8) is 0 Å². The van der Waals surface area contributed by atoms with Crippen molar-refractivity contribution in [3.05, 3.63) is 47.6 Å². The first kappa shape index (κ1) is 14.7. The van der Waals surface area contributed by atoms with Gasteiger partial charge in [0.2, 0.25) is 5.89 Å². The van der Waals surface area contributed by atoms with E-state index in [0.29, 0.717) is 18.1 Å². The van der Waals surface area contributed by atoms with E-state index in [0.717, 1.165) is 5.56 Å². The van der Waals surface area contributed by atoms with Crippen LogP contribution in [0.25, 0.3) is 0 Å². The summed E-state index contributed by atoms with van der Waals surface area (Å²) in [6, 6.07) is 10.1. The average molecular weight is 274 g/mol. The van der Waals surface area contributed by atoms with Gasteiger partial charge in [0, 0.05) is 0 Å². The van der Waals surface area contributed by atoms with Gasteiger partial charge in [-0.25, -0.2) is 0 Å². The number of nitrogens with zero attached hydrogens (tertiary/aromatic N) is 2. The molecule has 0 fully saturated rings. The summed E-state index contributed by atoms with van der Waals surface area (Å²) in [5.74, 6) is 1.31. The summed E-state index contributed by atoms with van der Waals surface area (Å²) < 4.78 is 5.27. The lowest BCUT2D eigenvalue weighted by atomic mass is 9.84. The van der Waals surface area contributed by atoms with Crippen molar-refractivity contribution < 1.29 is 9.63 Å². The minimum absolute atomic E-state index is 0.174. The highest BCUT2D eigenvalue weighted by Crippen LogP contribution is 2.29. The molecule has 1 N–H and O–H groups in total. The molecule has 4 nitrogen and oxygen atoms in total. The topological polar surface area (TPSA) is 59.2 Å². The van der Waals surface area contributed by atoms with Crippen molar-refractivity contribution >= 4 is 0 Å². The Morgan fingerprint density at radius 2 is 1.85 bits per heavy atom. The molecule has 0 aliphatic rings. The van der Waals surface area contributed by atoms with Crippen LogP contribution in [0.15, 0.2) is 34.9 Å². The van der Waals surface area contributed by atoms with E-state index in [1.54, 1.807) is 0 Å². The van der Waals surface area contributed by atoms with Crippen molar-refractivity contribution in [1.29, 1.82) is 0 Å². The van der Waals surface area contributed by atoms with Crippen molar-refractivity contribution in [3.8, 4) is 0 Å². The molecular formula is C16H22N2O2. The van der Waals surface area contributed by atoms with Crippen LogP contribution in [0.5, 0.6) is 0 Å². The van der Waals surface area contributed by atoms with Crippen LogP contribution in [0.2, 0.25) is 0 Å². The van der Waals surface area contributed by atoms with Crippen LogP contribution < -0.4 is 0 Å². The van der Waals surface area contributed by atoms with Gasteiger partial charge in [-0.2, -0.15) is 4.98 Å². The van der Waals surface area contributed by atoms with Crippen LogP contribution in [0.1, 0.15) is 45.0 Å². The first-order valence-corrected chi connectivity index (χ1v) is 6.98. The minimum Gasteiger partial charge on any atom is -0.392 e. The number of aliphatic hydroxyl groups excluding tert-OH is 1. The molecule has 1 heterocycles. The maximum absolute atomic E-state index is 9.88. The van der Waals surface area contributed by atoms with Gasteiger partial charge in [0.05, 0.1) is 17.9 Å². The summed E-state index contributed by atoms with van der Waals surface area (Å²) >= 11 is 0. The van der Waals surface area contributed by atoms with Crippen LogP contribution in [0, 0.1) is 5.92 Å². The summed E-state index contributed by atoms with van der Waals surface area (Å²) in [6.45, 7) is 8.07. The molecule has 2 rings (SSSR count). The smallest absolute Gasteiger partial charge is 0.229 e. The molecule has 1 atom stereocenters. The molecule has 4 heteroatoms. The highest BCUT2D eigenvalue weighted by Gasteiger charge is 2.29. The third kappa shape index (κ3) is 3.07. The molecule has 0 aliphatic carbocycles. The van der Waals surface area contributed by atoms with E-state index >= 15 is 0 Å².